The summed E-state index contributed by atoms with van der Waals surface area (Å²) in [6, 6.07) is 21.7. The van der Waals surface area contributed by atoms with Crippen LogP contribution in [0.3, 0.4) is 0 Å². The number of nitrogens with zero attached hydrogens (tertiary/aromatic N) is 4. The summed E-state index contributed by atoms with van der Waals surface area (Å²) >= 11 is 15.1. The number of piperazine rings is 1. The second kappa shape index (κ2) is 12.2. The fourth-order valence-electron chi connectivity index (χ4n) is 6.03. The molecule has 0 unspecified atom stereocenters. The molecular weight excluding hydrogens is 694 g/mol. The number of benzene rings is 3. The Morgan fingerprint density at radius 3 is 2.00 bits per heavy atom. The predicted molar refractivity (Wildman–Crippen MR) is 185 cm³/mol. The van der Waals surface area contributed by atoms with Crippen molar-refractivity contribution in [1.29, 1.82) is 0 Å². The highest BCUT2D eigenvalue weighted by molar-refractivity contribution is 14.1. The molecule has 0 bridgehead atoms. The first kappa shape index (κ1) is 32.1. The summed E-state index contributed by atoms with van der Waals surface area (Å²) in [7, 11) is 0. The van der Waals surface area contributed by atoms with E-state index in [1.54, 1.807) is 0 Å². The fraction of sp³-hybridized carbons (Fsp3) is 0.412. The zero-order valence-electron chi connectivity index (χ0n) is 25.6. The molecule has 2 atom stereocenters. The molecule has 43 heavy (non-hydrogen) atoms. The second-order valence-corrected chi connectivity index (χ2v) is 14.7. The van der Waals surface area contributed by atoms with Crippen LogP contribution in [0.2, 0.25) is 10.0 Å². The molecule has 6 nitrogen and oxygen atoms in total. The van der Waals surface area contributed by atoms with Gasteiger partial charge in [0.2, 0.25) is 0 Å². The molecule has 3 aromatic carbocycles. The number of carbonyl (C=O) groups is 1. The van der Waals surface area contributed by atoms with Crippen molar-refractivity contribution in [2.24, 2.45) is 4.99 Å². The lowest BCUT2D eigenvalue weighted by molar-refractivity contribution is 0.100. The molecule has 0 spiro atoms. The van der Waals surface area contributed by atoms with Crippen LogP contribution in [0.15, 0.2) is 71.7 Å². The minimum Gasteiger partial charge on any atom is -0.493 e. The van der Waals surface area contributed by atoms with Gasteiger partial charge >= 0.3 is 6.03 Å². The molecule has 9 heteroatoms. The van der Waals surface area contributed by atoms with E-state index in [4.69, 9.17) is 32.9 Å². The number of amides is 2. The van der Waals surface area contributed by atoms with Crippen LogP contribution in [0.25, 0.3) is 0 Å². The topological polar surface area (TPSA) is 48.4 Å². The Labute approximate surface area is 279 Å². The predicted octanol–water partition coefficient (Wildman–Crippen LogP) is 8.67. The Bertz CT molecular complexity index is 1510. The largest absolute Gasteiger partial charge is 0.493 e. The van der Waals surface area contributed by atoms with Crippen molar-refractivity contribution in [2.45, 2.75) is 58.0 Å². The van der Waals surface area contributed by atoms with Gasteiger partial charge in [0, 0.05) is 59.1 Å². The van der Waals surface area contributed by atoms with Gasteiger partial charge in [0.25, 0.3) is 0 Å². The zero-order chi connectivity index (χ0) is 31.2. The van der Waals surface area contributed by atoms with E-state index in [1.807, 2.05) is 65.3 Å². The van der Waals surface area contributed by atoms with Crippen LogP contribution in [0.4, 0.5) is 4.79 Å². The smallest absolute Gasteiger partial charge is 0.326 e. The third kappa shape index (κ3) is 5.90. The molecule has 0 radical (unpaired) electrons. The lowest BCUT2D eigenvalue weighted by Crippen LogP contribution is -2.60. The van der Waals surface area contributed by atoms with E-state index in [0.29, 0.717) is 41.3 Å². The van der Waals surface area contributed by atoms with Crippen LogP contribution >= 0.6 is 46.1 Å². The number of carbonyl (C=O) groups excluding carboxylic acids is 1. The van der Waals surface area contributed by atoms with Crippen LogP contribution in [0.5, 0.6) is 5.75 Å². The molecule has 2 aliphatic rings. The number of urea groups is 1. The average Bonchev–Trinajstić information content (AvgIpc) is 3.21. The molecule has 2 aliphatic heterocycles. The Morgan fingerprint density at radius 1 is 0.907 bits per heavy atom. The molecule has 0 saturated carbocycles. The summed E-state index contributed by atoms with van der Waals surface area (Å²) in [5, 5.41) is 1.27. The maximum atomic E-state index is 14.9. The van der Waals surface area contributed by atoms with Gasteiger partial charge < -0.3 is 9.64 Å². The van der Waals surface area contributed by atoms with E-state index in [2.05, 4.69) is 78.8 Å². The number of hydrogen-bond donors (Lipinski definition) is 0. The normalized spacial score (nSPS) is 23.0. The molecule has 0 aliphatic carbocycles. The van der Waals surface area contributed by atoms with Crippen molar-refractivity contribution in [1.82, 2.24) is 12.9 Å². The monoisotopic (exact) mass is 732 g/mol. The first-order chi connectivity index (χ1) is 20.3. The Kier molecular flexibility index (Phi) is 9.12. The maximum Gasteiger partial charge on any atom is 0.326 e. The number of hydrogen-bond acceptors (Lipinski definition) is 4. The van der Waals surface area contributed by atoms with Crippen molar-refractivity contribution in [2.75, 3.05) is 32.8 Å². The van der Waals surface area contributed by atoms with Crippen LogP contribution < -0.4 is 4.74 Å². The minimum absolute atomic E-state index is 0.0773. The van der Waals surface area contributed by atoms with Gasteiger partial charge in [0.1, 0.15) is 22.7 Å². The van der Waals surface area contributed by atoms with Crippen LogP contribution in [0, 0.1) is 0 Å². The van der Waals surface area contributed by atoms with Gasteiger partial charge in [0.15, 0.2) is 0 Å². The van der Waals surface area contributed by atoms with Crippen molar-refractivity contribution in [3.8, 4) is 5.75 Å². The SMILES string of the molecule is CCOc1cc(C(C)(C)C)ccc1C1=N[C@@](C)(c2ccc(Cl)cc2)[C@@](C)(c2ccc(Cl)cc2)N1C(=O)N1CCN(I)CC1. The summed E-state index contributed by atoms with van der Waals surface area (Å²) < 4.78 is 8.49. The molecule has 0 N–H and O–H groups in total. The first-order valence-electron chi connectivity index (χ1n) is 14.7. The van der Waals surface area contributed by atoms with E-state index in [1.165, 1.54) is 0 Å². The summed E-state index contributed by atoms with van der Waals surface area (Å²) in [6.07, 6.45) is 0. The molecule has 2 heterocycles. The Morgan fingerprint density at radius 2 is 1.47 bits per heavy atom. The molecule has 0 aromatic heterocycles. The summed E-state index contributed by atoms with van der Waals surface area (Å²) in [6.45, 7) is 16.1. The van der Waals surface area contributed by atoms with E-state index in [9.17, 15) is 4.79 Å². The molecule has 1 fully saturated rings. The quantitative estimate of drug-likeness (QED) is 0.195. The lowest BCUT2D eigenvalue weighted by atomic mass is 9.71. The molecule has 228 valence electrons. The highest BCUT2D eigenvalue weighted by Gasteiger charge is 2.60. The molecule has 5 rings (SSSR count). The van der Waals surface area contributed by atoms with E-state index in [-0.39, 0.29) is 11.4 Å². The minimum atomic E-state index is -0.925. The summed E-state index contributed by atoms with van der Waals surface area (Å²) in [5.41, 5.74) is 1.93. The third-order valence-corrected chi connectivity index (χ3v) is 10.3. The van der Waals surface area contributed by atoms with Gasteiger partial charge in [0.05, 0.1) is 12.2 Å². The van der Waals surface area contributed by atoms with E-state index < -0.39 is 11.1 Å². The Hall–Kier alpha value is -2.33. The fourth-order valence-corrected chi connectivity index (χ4v) is 6.71. The van der Waals surface area contributed by atoms with Crippen molar-refractivity contribution in [3.05, 3.63) is 99.0 Å². The van der Waals surface area contributed by atoms with Gasteiger partial charge in [-0.25, -0.2) is 7.91 Å². The van der Waals surface area contributed by atoms with Gasteiger partial charge in [-0.05, 0) is 79.3 Å². The average molecular weight is 734 g/mol. The zero-order valence-corrected chi connectivity index (χ0v) is 29.3. The summed E-state index contributed by atoms with van der Waals surface area (Å²) in [4.78, 5) is 24.2. The first-order valence-corrected chi connectivity index (χ1v) is 16.4. The lowest BCUT2D eigenvalue weighted by Gasteiger charge is -2.47. The van der Waals surface area contributed by atoms with Gasteiger partial charge in [-0.2, -0.15) is 0 Å². The van der Waals surface area contributed by atoms with Gasteiger partial charge in [-0.15, -0.1) is 0 Å². The Balaban J connectivity index is 1.79. The molecular formula is C34H39Cl2IN4O2. The number of aliphatic imine (C=N–C) groups is 1. The van der Waals surface area contributed by atoms with Gasteiger partial charge in [-0.3, -0.25) is 9.89 Å². The van der Waals surface area contributed by atoms with Crippen molar-refractivity contribution >= 4 is 57.9 Å². The standard InChI is InChI=1S/C34H39Cl2IN4O2/c1-7-43-29-22-25(32(2,3)4)12-17-28(29)30-38-33(5,23-8-13-26(35)14-9-23)34(6,24-10-15-27(36)16-11-24)41(30)31(42)39-18-20-40(37)21-19-39/h8-17,22H,7,18-21H2,1-6H3/t33-,34+/m0/s1. The van der Waals surface area contributed by atoms with Crippen molar-refractivity contribution in [3.63, 3.8) is 0 Å². The number of amidine groups is 1. The summed E-state index contributed by atoms with van der Waals surface area (Å²) in [5.74, 6) is 1.29. The molecule has 2 amide bonds. The highest BCUT2D eigenvalue weighted by Crippen LogP contribution is 2.54. The van der Waals surface area contributed by atoms with Crippen LogP contribution in [-0.4, -0.2) is 57.6 Å². The highest BCUT2D eigenvalue weighted by atomic mass is 127. The van der Waals surface area contributed by atoms with Crippen LogP contribution in [0.1, 0.15) is 63.8 Å². The maximum absolute atomic E-state index is 14.9. The molecule has 1 saturated heterocycles. The molecule has 3 aromatic rings. The van der Waals surface area contributed by atoms with E-state index >= 15 is 0 Å². The van der Waals surface area contributed by atoms with Crippen molar-refractivity contribution < 1.29 is 9.53 Å². The third-order valence-electron chi connectivity index (χ3n) is 8.82. The second-order valence-electron chi connectivity index (χ2n) is 12.5. The van der Waals surface area contributed by atoms with E-state index in [0.717, 1.165) is 35.3 Å². The number of halogens is 3. The number of ether oxygens (including phenoxy) is 1. The van der Waals surface area contributed by atoms with Gasteiger partial charge in [-0.1, -0.05) is 74.3 Å². The number of rotatable bonds is 5. The van der Waals surface area contributed by atoms with Crippen LogP contribution in [-0.2, 0) is 16.5 Å².